The monoisotopic (exact) mass is 293 g/mol. The van der Waals surface area contributed by atoms with Crippen molar-refractivity contribution in [2.75, 3.05) is 0 Å². The van der Waals surface area contributed by atoms with Crippen LogP contribution in [0.25, 0.3) is 0 Å². The molecule has 1 aromatic carbocycles. The van der Waals surface area contributed by atoms with Crippen LogP contribution in [0, 0.1) is 6.92 Å². The summed E-state index contributed by atoms with van der Waals surface area (Å²) in [6.45, 7) is 6.47. The largest absolute Gasteiger partial charge is 0.477 e. The fourth-order valence-corrected chi connectivity index (χ4v) is 2.34. The molecule has 2 aromatic rings. The predicted molar refractivity (Wildman–Crippen MR) is 80.1 cm³/mol. The van der Waals surface area contributed by atoms with E-state index in [9.17, 15) is 4.79 Å². The minimum Gasteiger partial charge on any atom is -0.477 e. The average Bonchev–Trinajstić information content (AvgIpc) is 2.84. The zero-order valence-electron chi connectivity index (χ0n) is 11.9. The van der Waals surface area contributed by atoms with Gasteiger partial charge in [0.2, 0.25) is 0 Å². The number of carboxylic acids is 1. The Bertz CT molecular complexity index is 537. The number of aromatic carboxylic acids is 1. The predicted octanol–water partition coefficient (Wildman–Crippen LogP) is 3.89. The molecule has 1 aromatic heterocycles. The van der Waals surface area contributed by atoms with Crippen LogP contribution in [0.3, 0.4) is 0 Å². The summed E-state index contributed by atoms with van der Waals surface area (Å²) in [4.78, 5) is 15.4. The Morgan fingerprint density at radius 3 is 2.50 bits per heavy atom. The molecule has 1 heterocycles. The average molecular weight is 293 g/mol. The van der Waals surface area contributed by atoms with Crippen LogP contribution in [0.5, 0.6) is 0 Å². The molecular formula is C15H19NO3S. The second kappa shape index (κ2) is 8.45. The van der Waals surface area contributed by atoms with Crippen LogP contribution >= 0.6 is 11.3 Å². The van der Waals surface area contributed by atoms with Crippen molar-refractivity contribution < 1.29 is 14.6 Å². The van der Waals surface area contributed by atoms with E-state index in [4.69, 9.17) is 9.84 Å². The van der Waals surface area contributed by atoms with E-state index < -0.39 is 5.97 Å². The standard InChI is InChI=1S/C13H13NO3S.C2H6/c1-9-14-11(12(18-9)13(15)16)8-17-7-10-5-3-2-4-6-10;1-2/h2-6H,7-8H2,1H3,(H,15,16);1-2H3. The van der Waals surface area contributed by atoms with Crippen molar-refractivity contribution in [2.24, 2.45) is 0 Å². The molecule has 20 heavy (non-hydrogen) atoms. The van der Waals surface area contributed by atoms with Crippen LogP contribution in [0.1, 0.15) is 39.8 Å². The highest BCUT2D eigenvalue weighted by atomic mass is 32.1. The Morgan fingerprint density at radius 2 is 1.90 bits per heavy atom. The lowest BCUT2D eigenvalue weighted by Crippen LogP contribution is -2.01. The number of hydrogen-bond donors (Lipinski definition) is 1. The number of benzene rings is 1. The smallest absolute Gasteiger partial charge is 0.347 e. The lowest BCUT2D eigenvalue weighted by atomic mass is 10.2. The second-order valence-electron chi connectivity index (χ2n) is 3.79. The first kappa shape index (κ1) is 16.3. The fourth-order valence-electron chi connectivity index (χ4n) is 1.57. The van der Waals surface area contributed by atoms with E-state index >= 15 is 0 Å². The van der Waals surface area contributed by atoms with Crippen molar-refractivity contribution in [3.63, 3.8) is 0 Å². The number of aromatic nitrogens is 1. The molecule has 4 nitrogen and oxygen atoms in total. The highest BCUT2D eigenvalue weighted by Crippen LogP contribution is 2.19. The van der Waals surface area contributed by atoms with Gasteiger partial charge in [0.15, 0.2) is 0 Å². The molecule has 0 spiro atoms. The van der Waals surface area contributed by atoms with Gasteiger partial charge in [-0.3, -0.25) is 0 Å². The molecule has 0 radical (unpaired) electrons. The van der Waals surface area contributed by atoms with Gasteiger partial charge in [-0.2, -0.15) is 0 Å². The van der Waals surface area contributed by atoms with E-state index in [1.165, 1.54) is 11.3 Å². The zero-order chi connectivity index (χ0) is 15.0. The van der Waals surface area contributed by atoms with Gasteiger partial charge < -0.3 is 9.84 Å². The maximum atomic E-state index is 11.0. The Hall–Kier alpha value is -1.72. The van der Waals surface area contributed by atoms with Crippen molar-refractivity contribution >= 4 is 17.3 Å². The lowest BCUT2D eigenvalue weighted by Gasteiger charge is -2.03. The first-order chi connectivity index (χ1) is 9.66. The molecule has 0 fully saturated rings. The molecule has 0 atom stereocenters. The number of hydrogen-bond acceptors (Lipinski definition) is 4. The molecule has 0 aliphatic carbocycles. The van der Waals surface area contributed by atoms with E-state index in [2.05, 4.69) is 4.98 Å². The van der Waals surface area contributed by atoms with E-state index in [-0.39, 0.29) is 11.5 Å². The fraction of sp³-hybridized carbons (Fsp3) is 0.333. The van der Waals surface area contributed by atoms with Crippen LogP contribution in [-0.2, 0) is 18.0 Å². The van der Waals surface area contributed by atoms with E-state index in [0.717, 1.165) is 10.6 Å². The zero-order valence-corrected chi connectivity index (χ0v) is 12.7. The van der Waals surface area contributed by atoms with Gasteiger partial charge in [0.1, 0.15) is 4.88 Å². The van der Waals surface area contributed by atoms with E-state index in [0.29, 0.717) is 12.3 Å². The Morgan fingerprint density at radius 1 is 1.25 bits per heavy atom. The minimum atomic E-state index is -0.945. The van der Waals surface area contributed by atoms with Gasteiger partial charge >= 0.3 is 5.97 Å². The first-order valence-corrected chi connectivity index (χ1v) is 7.29. The van der Waals surface area contributed by atoms with Crippen LogP contribution in [0.2, 0.25) is 0 Å². The van der Waals surface area contributed by atoms with Crippen LogP contribution in [0.4, 0.5) is 0 Å². The number of ether oxygens (including phenoxy) is 1. The number of carboxylic acid groups (broad SMARTS) is 1. The van der Waals surface area contributed by atoms with Gasteiger partial charge in [-0.25, -0.2) is 9.78 Å². The Labute approximate surface area is 123 Å². The second-order valence-corrected chi connectivity index (χ2v) is 5.00. The molecule has 5 heteroatoms. The Kier molecular flexibility index (Phi) is 6.90. The van der Waals surface area contributed by atoms with Crippen LogP contribution < -0.4 is 0 Å². The molecule has 0 saturated heterocycles. The molecule has 1 N–H and O–H groups in total. The maximum absolute atomic E-state index is 11.0. The molecule has 108 valence electrons. The summed E-state index contributed by atoms with van der Waals surface area (Å²) in [5.74, 6) is -0.945. The quantitative estimate of drug-likeness (QED) is 0.908. The summed E-state index contributed by atoms with van der Waals surface area (Å²) in [7, 11) is 0. The van der Waals surface area contributed by atoms with Gasteiger partial charge in [-0.05, 0) is 12.5 Å². The van der Waals surface area contributed by atoms with Crippen LogP contribution in [-0.4, -0.2) is 16.1 Å². The number of thiazole rings is 1. The van der Waals surface area contributed by atoms with Gasteiger partial charge in [0, 0.05) is 0 Å². The van der Waals surface area contributed by atoms with Gasteiger partial charge in [0.05, 0.1) is 23.9 Å². The summed E-state index contributed by atoms with van der Waals surface area (Å²) in [5, 5.41) is 9.75. The number of rotatable bonds is 5. The first-order valence-electron chi connectivity index (χ1n) is 6.48. The summed E-state index contributed by atoms with van der Waals surface area (Å²) in [6, 6.07) is 9.74. The highest BCUT2D eigenvalue weighted by Gasteiger charge is 2.15. The normalized spacial score (nSPS) is 9.75. The summed E-state index contributed by atoms with van der Waals surface area (Å²) < 4.78 is 5.49. The third-order valence-corrected chi connectivity index (χ3v) is 3.35. The maximum Gasteiger partial charge on any atom is 0.347 e. The molecule has 0 saturated carbocycles. The highest BCUT2D eigenvalue weighted by molar-refractivity contribution is 7.13. The third kappa shape index (κ3) is 4.75. The molecule has 0 bridgehead atoms. The Balaban J connectivity index is 0.000000956. The number of nitrogens with zero attached hydrogens (tertiary/aromatic N) is 1. The summed E-state index contributed by atoms with van der Waals surface area (Å²) in [6.07, 6.45) is 0. The summed E-state index contributed by atoms with van der Waals surface area (Å²) >= 11 is 1.18. The topological polar surface area (TPSA) is 59.4 Å². The molecule has 0 unspecified atom stereocenters. The van der Waals surface area contributed by atoms with Gasteiger partial charge in [0.25, 0.3) is 0 Å². The lowest BCUT2D eigenvalue weighted by molar-refractivity contribution is 0.0688. The van der Waals surface area contributed by atoms with E-state index in [1.807, 2.05) is 44.2 Å². The van der Waals surface area contributed by atoms with Gasteiger partial charge in [-0.1, -0.05) is 44.2 Å². The molecule has 0 amide bonds. The van der Waals surface area contributed by atoms with Crippen molar-refractivity contribution in [1.82, 2.24) is 4.98 Å². The van der Waals surface area contributed by atoms with Crippen molar-refractivity contribution in [2.45, 2.75) is 34.0 Å². The van der Waals surface area contributed by atoms with Crippen molar-refractivity contribution in [3.05, 3.63) is 51.5 Å². The molecule has 0 aliphatic heterocycles. The molecule has 0 aliphatic rings. The van der Waals surface area contributed by atoms with E-state index in [1.54, 1.807) is 6.92 Å². The third-order valence-electron chi connectivity index (χ3n) is 2.35. The van der Waals surface area contributed by atoms with Gasteiger partial charge in [-0.15, -0.1) is 11.3 Å². The summed E-state index contributed by atoms with van der Waals surface area (Å²) in [5.41, 5.74) is 1.56. The van der Waals surface area contributed by atoms with Crippen LogP contribution in [0.15, 0.2) is 30.3 Å². The SMILES string of the molecule is CC.Cc1nc(COCc2ccccc2)c(C(=O)O)s1. The minimum absolute atomic E-state index is 0.223. The molecular weight excluding hydrogens is 274 g/mol. The van der Waals surface area contributed by atoms with Crippen molar-refractivity contribution in [3.8, 4) is 0 Å². The molecule has 2 rings (SSSR count). The number of carbonyl (C=O) groups is 1. The number of aryl methyl sites for hydroxylation is 1. The van der Waals surface area contributed by atoms with Crippen molar-refractivity contribution in [1.29, 1.82) is 0 Å².